The number of methoxy groups -OCH3 is 3. The van der Waals surface area contributed by atoms with Gasteiger partial charge in [0.15, 0.2) is 11.5 Å². The second-order valence-electron chi connectivity index (χ2n) is 8.94. The molecule has 0 spiro atoms. The average Bonchev–Trinajstić information content (AvgIpc) is 3.44. The lowest BCUT2D eigenvalue weighted by atomic mass is 9.94. The minimum absolute atomic E-state index is 0.336. The highest BCUT2D eigenvalue weighted by atomic mass is 35.5. The molecule has 10 nitrogen and oxygen atoms in total. The van der Waals surface area contributed by atoms with Gasteiger partial charge in [-0.15, -0.1) is 0 Å². The smallest absolute Gasteiger partial charge is 0.255 e. The second kappa shape index (κ2) is 11.6. The van der Waals surface area contributed by atoms with E-state index in [4.69, 9.17) is 30.5 Å². The fourth-order valence-corrected chi connectivity index (χ4v) is 4.64. The number of fused-ring (bicyclic) bond motifs is 1. The lowest BCUT2D eigenvalue weighted by Crippen LogP contribution is -2.31. The van der Waals surface area contributed by atoms with Crippen LogP contribution in [0.2, 0.25) is 5.02 Å². The van der Waals surface area contributed by atoms with Gasteiger partial charge in [0.25, 0.3) is 5.91 Å². The molecule has 1 aliphatic rings. The van der Waals surface area contributed by atoms with E-state index in [1.165, 1.54) is 13.4 Å². The normalized spacial score (nSPS) is 14.2. The van der Waals surface area contributed by atoms with Gasteiger partial charge in [0, 0.05) is 16.8 Å². The fourth-order valence-electron chi connectivity index (χ4n) is 4.51. The molecule has 2 N–H and O–H groups in total. The van der Waals surface area contributed by atoms with Crippen LogP contribution in [0, 0.1) is 0 Å². The van der Waals surface area contributed by atoms with E-state index in [0.29, 0.717) is 57.5 Å². The van der Waals surface area contributed by atoms with Crippen LogP contribution in [0.3, 0.4) is 0 Å². The van der Waals surface area contributed by atoms with Gasteiger partial charge in [-0.3, -0.25) is 4.79 Å². The van der Waals surface area contributed by atoms with Crippen LogP contribution in [0.5, 0.6) is 23.0 Å². The van der Waals surface area contributed by atoms with Crippen molar-refractivity contribution >= 4 is 29.1 Å². The number of rotatable bonds is 9. The minimum Gasteiger partial charge on any atom is -0.497 e. The van der Waals surface area contributed by atoms with Crippen LogP contribution < -0.4 is 29.6 Å². The molecule has 0 bridgehead atoms. The van der Waals surface area contributed by atoms with Crippen LogP contribution >= 0.6 is 11.6 Å². The summed E-state index contributed by atoms with van der Waals surface area (Å²) in [6.07, 6.45) is 1.44. The second-order valence-corrected chi connectivity index (χ2v) is 9.38. The lowest BCUT2D eigenvalue weighted by molar-refractivity contribution is -0.113. The number of hydrogen-bond acceptors (Lipinski definition) is 8. The van der Waals surface area contributed by atoms with E-state index < -0.39 is 6.04 Å². The summed E-state index contributed by atoms with van der Waals surface area (Å²) < 4.78 is 24.2. The van der Waals surface area contributed by atoms with E-state index in [1.807, 2.05) is 49.4 Å². The molecule has 3 aromatic carbocycles. The topological polar surface area (TPSA) is 109 Å². The Hall–Kier alpha value is -4.70. The van der Waals surface area contributed by atoms with Crippen molar-refractivity contribution in [3.8, 4) is 23.0 Å². The third-order valence-electron chi connectivity index (χ3n) is 6.50. The number of nitrogens with one attached hydrogen (secondary N) is 2. The SMILES string of the molecule is COc1ccc(OC)c(NC(=O)C2=C(C)Nc3ncnn3[C@H]2c2ccc(OCc3ccc(Cl)cc3)c(OC)c2)c1. The molecule has 0 radical (unpaired) electrons. The maximum atomic E-state index is 13.8. The lowest BCUT2D eigenvalue weighted by Gasteiger charge is -2.29. The van der Waals surface area contributed by atoms with Gasteiger partial charge in [0.1, 0.15) is 30.5 Å². The quantitative estimate of drug-likeness (QED) is 0.277. The molecule has 0 saturated heterocycles. The largest absolute Gasteiger partial charge is 0.497 e. The van der Waals surface area contributed by atoms with Crippen LogP contribution in [-0.2, 0) is 11.4 Å². The van der Waals surface area contributed by atoms with E-state index in [1.54, 1.807) is 37.1 Å². The van der Waals surface area contributed by atoms with Gasteiger partial charge >= 0.3 is 0 Å². The zero-order valence-corrected chi connectivity index (χ0v) is 23.2. The molecule has 40 heavy (non-hydrogen) atoms. The predicted molar refractivity (Wildman–Crippen MR) is 151 cm³/mol. The first-order chi connectivity index (χ1) is 19.4. The van der Waals surface area contributed by atoms with E-state index in [0.717, 1.165) is 11.1 Å². The zero-order chi connectivity index (χ0) is 28.2. The van der Waals surface area contributed by atoms with Crippen LogP contribution in [-0.4, -0.2) is 42.0 Å². The third kappa shape index (κ3) is 5.39. The van der Waals surface area contributed by atoms with Gasteiger partial charge in [-0.2, -0.15) is 10.1 Å². The minimum atomic E-state index is -0.602. The summed E-state index contributed by atoms with van der Waals surface area (Å²) >= 11 is 5.99. The number of anilines is 2. The van der Waals surface area contributed by atoms with Crippen molar-refractivity contribution in [2.24, 2.45) is 0 Å². The first-order valence-electron chi connectivity index (χ1n) is 12.4. The molecule has 0 saturated carbocycles. The number of halogens is 1. The van der Waals surface area contributed by atoms with Crippen molar-refractivity contribution in [1.82, 2.24) is 14.8 Å². The maximum absolute atomic E-state index is 13.8. The number of aromatic nitrogens is 3. The standard InChI is InChI=1S/C29H28ClN5O5/c1-17-26(28(36)34-22-14-21(37-2)10-12-23(22)38-3)27(35-29(33-17)31-16-32-35)19-7-11-24(25(13-19)39-4)40-15-18-5-8-20(30)9-6-18/h5-14,16,27H,15H2,1-4H3,(H,34,36)(H,31,32,33)/t27-/m0/s1. The fraction of sp³-hybridized carbons (Fsp3) is 0.207. The number of amides is 1. The van der Waals surface area contributed by atoms with Crippen LogP contribution in [0.4, 0.5) is 11.6 Å². The van der Waals surface area contributed by atoms with Gasteiger partial charge in [0.05, 0.1) is 32.6 Å². The summed E-state index contributed by atoms with van der Waals surface area (Å²) in [6.45, 7) is 2.16. The van der Waals surface area contributed by atoms with Crippen molar-refractivity contribution in [2.75, 3.05) is 32.0 Å². The molecule has 1 atom stereocenters. The van der Waals surface area contributed by atoms with Crippen molar-refractivity contribution in [1.29, 1.82) is 0 Å². The van der Waals surface area contributed by atoms with E-state index in [-0.39, 0.29) is 5.91 Å². The Morgan fingerprint density at radius 1 is 0.975 bits per heavy atom. The van der Waals surface area contributed by atoms with E-state index >= 15 is 0 Å². The number of nitrogens with zero attached hydrogens (tertiary/aromatic N) is 3. The predicted octanol–water partition coefficient (Wildman–Crippen LogP) is 5.46. The Morgan fingerprint density at radius 2 is 1.73 bits per heavy atom. The summed E-state index contributed by atoms with van der Waals surface area (Å²) in [7, 11) is 4.67. The van der Waals surface area contributed by atoms with Crippen LogP contribution in [0.25, 0.3) is 0 Å². The van der Waals surface area contributed by atoms with Crippen molar-refractivity contribution in [3.05, 3.63) is 94.4 Å². The average molecular weight is 562 g/mol. The molecule has 2 heterocycles. The van der Waals surface area contributed by atoms with Gasteiger partial charge in [-0.05, 0) is 54.4 Å². The summed E-state index contributed by atoms with van der Waals surface area (Å²) in [5.74, 6) is 2.32. The Labute approximate surface area is 236 Å². The molecular weight excluding hydrogens is 534 g/mol. The molecule has 0 unspecified atom stereocenters. The highest BCUT2D eigenvalue weighted by Crippen LogP contribution is 2.39. The molecule has 4 aromatic rings. The highest BCUT2D eigenvalue weighted by Gasteiger charge is 2.34. The first-order valence-corrected chi connectivity index (χ1v) is 12.8. The van der Waals surface area contributed by atoms with Crippen LogP contribution in [0.1, 0.15) is 24.1 Å². The van der Waals surface area contributed by atoms with Gasteiger partial charge in [-0.25, -0.2) is 4.68 Å². The number of carbonyl (C=O) groups excluding carboxylic acids is 1. The summed E-state index contributed by atoms with van der Waals surface area (Å²) in [4.78, 5) is 18.1. The Balaban J connectivity index is 1.48. The highest BCUT2D eigenvalue weighted by molar-refractivity contribution is 6.30. The van der Waals surface area contributed by atoms with Gasteiger partial charge < -0.3 is 29.6 Å². The number of hydrogen-bond donors (Lipinski definition) is 2. The van der Waals surface area contributed by atoms with Crippen molar-refractivity contribution in [2.45, 2.75) is 19.6 Å². The molecule has 1 amide bonds. The molecule has 1 aromatic heterocycles. The first kappa shape index (κ1) is 26.9. The van der Waals surface area contributed by atoms with E-state index in [9.17, 15) is 4.79 Å². The molecule has 11 heteroatoms. The molecule has 0 fully saturated rings. The molecule has 5 rings (SSSR count). The molecule has 206 valence electrons. The third-order valence-corrected chi connectivity index (χ3v) is 6.76. The summed E-state index contributed by atoms with van der Waals surface area (Å²) in [6, 6.07) is 17.6. The number of ether oxygens (including phenoxy) is 4. The van der Waals surface area contributed by atoms with E-state index in [2.05, 4.69) is 20.7 Å². The van der Waals surface area contributed by atoms with Gasteiger partial charge in [0.2, 0.25) is 5.95 Å². The van der Waals surface area contributed by atoms with Gasteiger partial charge in [-0.1, -0.05) is 29.8 Å². The monoisotopic (exact) mass is 561 g/mol. The summed E-state index contributed by atoms with van der Waals surface area (Å²) in [5, 5.41) is 11.2. The van der Waals surface area contributed by atoms with Crippen molar-refractivity contribution < 1.29 is 23.7 Å². The van der Waals surface area contributed by atoms with Crippen molar-refractivity contribution in [3.63, 3.8) is 0 Å². The Bertz CT molecular complexity index is 1570. The maximum Gasteiger partial charge on any atom is 0.255 e. The van der Waals surface area contributed by atoms with Crippen LogP contribution in [0.15, 0.2) is 78.3 Å². The Kier molecular flexibility index (Phi) is 7.79. The molecule has 1 aliphatic heterocycles. The zero-order valence-electron chi connectivity index (χ0n) is 22.4. The summed E-state index contributed by atoms with van der Waals surface area (Å²) in [5.41, 5.74) is 3.27. The molecular formula is C29H28ClN5O5. The Morgan fingerprint density at radius 3 is 2.45 bits per heavy atom. The number of allylic oxidation sites excluding steroid dienone is 1. The molecule has 0 aliphatic carbocycles. The number of benzene rings is 3. The number of carbonyl (C=O) groups is 1.